The summed E-state index contributed by atoms with van der Waals surface area (Å²) in [6, 6.07) is 3.14. The van der Waals surface area contributed by atoms with Crippen LogP contribution in [0.3, 0.4) is 0 Å². The van der Waals surface area contributed by atoms with E-state index in [1.165, 1.54) is 0 Å². The second-order valence-electron chi connectivity index (χ2n) is 5.15. The van der Waals surface area contributed by atoms with Crippen molar-refractivity contribution in [3.8, 4) is 11.5 Å². The summed E-state index contributed by atoms with van der Waals surface area (Å²) in [6.45, 7) is 0.678. The van der Waals surface area contributed by atoms with Crippen LogP contribution < -0.4 is 9.47 Å². The van der Waals surface area contributed by atoms with Gasteiger partial charge in [-0.05, 0) is 30.5 Å². The topological polar surface area (TPSA) is 55.8 Å². The molecule has 2 aliphatic rings. The molecule has 0 radical (unpaired) electrons. The van der Waals surface area contributed by atoms with Gasteiger partial charge in [0.15, 0.2) is 17.3 Å². The zero-order valence-corrected chi connectivity index (χ0v) is 11.6. The molecule has 3 rings (SSSR count). The smallest absolute Gasteiger partial charge is 0.227 e. The zero-order chi connectivity index (χ0) is 14.3. The van der Waals surface area contributed by atoms with Gasteiger partial charge in [-0.1, -0.05) is 0 Å². The molecule has 1 amide bonds. The summed E-state index contributed by atoms with van der Waals surface area (Å²) in [6.07, 6.45) is 1.89. The van der Waals surface area contributed by atoms with E-state index in [2.05, 4.69) is 0 Å². The van der Waals surface area contributed by atoms with Gasteiger partial charge >= 0.3 is 0 Å². The molecule has 2 aliphatic heterocycles. The van der Waals surface area contributed by atoms with E-state index in [9.17, 15) is 9.59 Å². The summed E-state index contributed by atoms with van der Waals surface area (Å²) in [4.78, 5) is 26.6. The lowest BCUT2D eigenvalue weighted by molar-refractivity contribution is -0.130. The van der Waals surface area contributed by atoms with Crippen LogP contribution in [0.4, 0.5) is 0 Å². The van der Waals surface area contributed by atoms with Crippen molar-refractivity contribution in [2.45, 2.75) is 25.3 Å². The second-order valence-corrected chi connectivity index (χ2v) is 5.15. The van der Waals surface area contributed by atoms with Crippen LogP contribution in [0, 0.1) is 0 Å². The number of amides is 1. The fraction of sp³-hybridized carbons (Fsp3) is 0.467. The minimum atomic E-state index is -0.304. The molecule has 0 bridgehead atoms. The number of benzene rings is 1. The van der Waals surface area contributed by atoms with Crippen LogP contribution >= 0.6 is 0 Å². The lowest BCUT2D eigenvalue weighted by Gasteiger charge is -2.20. The summed E-state index contributed by atoms with van der Waals surface area (Å²) < 4.78 is 10.5. The van der Waals surface area contributed by atoms with Crippen molar-refractivity contribution in [2.75, 3.05) is 20.8 Å². The van der Waals surface area contributed by atoms with Crippen LogP contribution in [0.5, 0.6) is 11.5 Å². The first-order valence-electron chi connectivity index (χ1n) is 6.74. The maximum Gasteiger partial charge on any atom is 0.227 e. The molecule has 20 heavy (non-hydrogen) atoms. The quantitative estimate of drug-likeness (QED) is 0.819. The van der Waals surface area contributed by atoms with Crippen LogP contribution in [0.15, 0.2) is 12.1 Å². The summed E-state index contributed by atoms with van der Waals surface area (Å²) >= 11 is 0. The van der Waals surface area contributed by atoms with Gasteiger partial charge < -0.3 is 14.4 Å². The molecule has 1 atom stereocenters. The zero-order valence-electron chi connectivity index (χ0n) is 11.6. The molecule has 0 saturated carbocycles. The van der Waals surface area contributed by atoms with Crippen molar-refractivity contribution in [1.29, 1.82) is 0 Å². The summed E-state index contributed by atoms with van der Waals surface area (Å²) in [5.74, 6) is 1.11. The number of fused-ring (bicyclic) bond motifs is 2. The van der Waals surface area contributed by atoms with Crippen LogP contribution in [-0.2, 0) is 11.2 Å². The van der Waals surface area contributed by atoms with Crippen molar-refractivity contribution >= 4 is 11.7 Å². The van der Waals surface area contributed by atoms with Crippen LogP contribution in [0.25, 0.3) is 0 Å². The normalized spacial score (nSPS) is 21.3. The molecule has 1 aromatic carbocycles. The molecule has 0 spiro atoms. The lowest BCUT2D eigenvalue weighted by atomic mass is 9.97. The van der Waals surface area contributed by atoms with Gasteiger partial charge in [-0.2, -0.15) is 0 Å². The Morgan fingerprint density at radius 2 is 1.85 bits per heavy atom. The number of hydrogen-bond donors (Lipinski definition) is 0. The number of Topliss-reactive ketones (excluding diaryl/α,β-unsaturated/α-hetero) is 1. The SMILES string of the molecule is COc1cc2c(cc1OC)C(=O)C1CCCN1C(=O)C2. The Morgan fingerprint density at radius 1 is 1.15 bits per heavy atom. The van der Waals surface area contributed by atoms with E-state index < -0.39 is 0 Å². The molecule has 2 heterocycles. The molecular weight excluding hydrogens is 258 g/mol. The lowest BCUT2D eigenvalue weighted by Crippen LogP contribution is -2.38. The third-order valence-corrected chi connectivity index (χ3v) is 4.09. The number of carbonyl (C=O) groups is 2. The van der Waals surface area contributed by atoms with Gasteiger partial charge in [-0.15, -0.1) is 0 Å². The van der Waals surface area contributed by atoms with E-state index in [1.807, 2.05) is 0 Å². The Morgan fingerprint density at radius 3 is 2.55 bits per heavy atom. The fourth-order valence-electron chi connectivity index (χ4n) is 3.08. The number of hydrogen-bond acceptors (Lipinski definition) is 4. The predicted octanol–water partition coefficient (Wildman–Crippen LogP) is 1.43. The van der Waals surface area contributed by atoms with E-state index >= 15 is 0 Å². The Bertz CT molecular complexity index is 581. The first-order valence-corrected chi connectivity index (χ1v) is 6.74. The molecule has 5 nitrogen and oxygen atoms in total. The highest BCUT2D eigenvalue weighted by Gasteiger charge is 2.38. The van der Waals surface area contributed by atoms with Gasteiger partial charge in [0.1, 0.15) is 0 Å². The Labute approximate surface area is 117 Å². The standard InChI is InChI=1S/C15H17NO4/c1-19-12-6-9-7-14(17)16-5-3-4-11(16)15(18)10(9)8-13(12)20-2/h6,8,11H,3-5,7H2,1-2H3. The van der Waals surface area contributed by atoms with Crippen molar-refractivity contribution in [3.63, 3.8) is 0 Å². The molecule has 0 aliphatic carbocycles. The molecule has 1 fully saturated rings. The van der Waals surface area contributed by atoms with Gasteiger partial charge in [-0.3, -0.25) is 9.59 Å². The van der Waals surface area contributed by atoms with Crippen molar-refractivity contribution < 1.29 is 19.1 Å². The van der Waals surface area contributed by atoms with Crippen LogP contribution in [-0.4, -0.2) is 43.4 Å². The molecule has 1 unspecified atom stereocenters. The monoisotopic (exact) mass is 275 g/mol. The minimum Gasteiger partial charge on any atom is -0.493 e. The van der Waals surface area contributed by atoms with Gasteiger partial charge in [0.05, 0.1) is 26.7 Å². The molecule has 1 aromatic rings. The second kappa shape index (κ2) is 4.81. The predicted molar refractivity (Wildman–Crippen MR) is 72.3 cm³/mol. The minimum absolute atomic E-state index is 0.0179. The van der Waals surface area contributed by atoms with E-state index in [-0.39, 0.29) is 24.2 Å². The van der Waals surface area contributed by atoms with E-state index in [1.54, 1.807) is 31.3 Å². The van der Waals surface area contributed by atoms with E-state index in [0.717, 1.165) is 18.4 Å². The Kier molecular flexibility index (Phi) is 3.12. The number of rotatable bonds is 2. The highest BCUT2D eigenvalue weighted by atomic mass is 16.5. The van der Waals surface area contributed by atoms with Crippen LogP contribution in [0.2, 0.25) is 0 Å². The summed E-state index contributed by atoms with van der Waals surface area (Å²) in [7, 11) is 3.08. The van der Waals surface area contributed by atoms with Crippen molar-refractivity contribution in [1.82, 2.24) is 4.90 Å². The number of ether oxygens (including phenoxy) is 2. The summed E-state index contributed by atoms with van der Waals surface area (Å²) in [5.41, 5.74) is 1.32. The van der Waals surface area contributed by atoms with Gasteiger partial charge in [0, 0.05) is 12.1 Å². The van der Waals surface area contributed by atoms with Gasteiger partial charge in [0.2, 0.25) is 5.91 Å². The first-order chi connectivity index (χ1) is 9.65. The third kappa shape index (κ3) is 1.85. The Balaban J connectivity index is 2.12. The number of methoxy groups -OCH3 is 2. The van der Waals surface area contributed by atoms with Crippen LogP contribution in [0.1, 0.15) is 28.8 Å². The fourth-order valence-corrected chi connectivity index (χ4v) is 3.08. The number of ketones is 1. The van der Waals surface area contributed by atoms with Gasteiger partial charge in [-0.25, -0.2) is 0 Å². The molecule has 5 heteroatoms. The first kappa shape index (κ1) is 13.0. The Hall–Kier alpha value is -2.04. The van der Waals surface area contributed by atoms with Crippen molar-refractivity contribution in [2.24, 2.45) is 0 Å². The molecule has 1 saturated heterocycles. The molecule has 0 N–H and O–H groups in total. The molecular formula is C15H17NO4. The van der Waals surface area contributed by atoms with Gasteiger partial charge in [0.25, 0.3) is 0 Å². The summed E-state index contributed by atoms with van der Waals surface area (Å²) in [5, 5.41) is 0. The maximum absolute atomic E-state index is 12.6. The molecule has 106 valence electrons. The third-order valence-electron chi connectivity index (χ3n) is 4.09. The molecule has 0 aromatic heterocycles. The number of nitrogens with zero attached hydrogens (tertiary/aromatic N) is 1. The average Bonchev–Trinajstić information content (AvgIpc) is 2.92. The largest absolute Gasteiger partial charge is 0.493 e. The van der Waals surface area contributed by atoms with E-state index in [4.69, 9.17) is 9.47 Å². The van der Waals surface area contributed by atoms with Crippen molar-refractivity contribution in [3.05, 3.63) is 23.3 Å². The maximum atomic E-state index is 12.6. The highest BCUT2D eigenvalue weighted by Crippen LogP contribution is 2.35. The number of carbonyl (C=O) groups excluding carboxylic acids is 2. The average molecular weight is 275 g/mol. The highest BCUT2D eigenvalue weighted by molar-refractivity contribution is 6.06. The van der Waals surface area contributed by atoms with E-state index in [0.29, 0.717) is 23.6 Å².